The lowest BCUT2D eigenvalue weighted by molar-refractivity contribution is 0.446. The van der Waals surface area contributed by atoms with Crippen molar-refractivity contribution >= 4 is 0 Å². The fourth-order valence-corrected chi connectivity index (χ4v) is 1.42. The van der Waals surface area contributed by atoms with E-state index in [1.807, 2.05) is 26.8 Å². The highest BCUT2D eigenvalue weighted by atomic mass is 16.3. The minimum Gasteiger partial charge on any atom is -0.508 e. The van der Waals surface area contributed by atoms with Gasteiger partial charge in [-0.1, -0.05) is 37.7 Å². The molecule has 88 valence electrons. The predicted molar refractivity (Wildman–Crippen MR) is 67.7 cm³/mol. The van der Waals surface area contributed by atoms with Crippen LogP contribution in [0.4, 0.5) is 0 Å². The van der Waals surface area contributed by atoms with E-state index in [1.165, 1.54) is 0 Å². The van der Waals surface area contributed by atoms with Gasteiger partial charge >= 0.3 is 0 Å². The van der Waals surface area contributed by atoms with E-state index in [-0.39, 0.29) is 17.7 Å². The summed E-state index contributed by atoms with van der Waals surface area (Å²) in [6.07, 6.45) is 0. The number of nitrogens with zero attached hydrogens (tertiary/aromatic N) is 3. The fraction of sp³-hybridized carbons (Fsp3) is 0.385. The maximum absolute atomic E-state index is 9.77. The van der Waals surface area contributed by atoms with Gasteiger partial charge in [0.2, 0.25) is 0 Å². The predicted octanol–water partition coefficient (Wildman–Crippen LogP) is 3.35. The average molecular weight is 229 g/mol. The van der Waals surface area contributed by atoms with Crippen LogP contribution in [-0.4, -0.2) is 11.7 Å². The second-order valence-corrected chi connectivity index (χ2v) is 4.67. The first-order valence-electron chi connectivity index (χ1n) is 5.28. The van der Waals surface area contributed by atoms with E-state index in [4.69, 9.17) is 5.53 Å². The Kier molecular flexibility index (Phi) is 4.03. The first kappa shape index (κ1) is 13.0. The molecule has 4 heteroatoms. The molecule has 1 rings (SSSR count). The molecular formula is C13H15N3O. The molecule has 1 aromatic rings. The molecule has 1 N–H and O–H groups in total. The Balaban J connectivity index is 3.03. The minimum absolute atomic E-state index is 0.132. The lowest BCUT2D eigenvalue weighted by Crippen LogP contribution is -2.11. The molecule has 0 spiro atoms. The molecule has 0 unspecified atom stereocenters. The van der Waals surface area contributed by atoms with Gasteiger partial charge in [-0.3, -0.25) is 0 Å². The molecule has 4 nitrogen and oxygen atoms in total. The highest BCUT2D eigenvalue weighted by molar-refractivity contribution is 5.46. The monoisotopic (exact) mass is 229 g/mol. The fourth-order valence-electron chi connectivity index (χ4n) is 1.42. The van der Waals surface area contributed by atoms with E-state index < -0.39 is 0 Å². The number of hydrogen-bond donors (Lipinski definition) is 1. The Morgan fingerprint density at radius 2 is 2.12 bits per heavy atom. The van der Waals surface area contributed by atoms with Crippen LogP contribution < -0.4 is 0 Å². The van der Waals surface area contributed by atoms with Crippen LogP contribution in [0.15, 0.2) is 23.3 Å². The van der Waals surface area contributed by atoms with Gasteiger partial charge in [-0.2, -0.15) is 0 Å². The van der Waals surface area contributed by atoms with Crippen LogP contribution in [0.2, 0.25) is 0 Å². The first-order chi connectivity index (χ1) is 7.95. The van der Waals surface area contributed by atoms with E-state index in [2.05, 4.69) is 21.9 Å². The van der Waals surface area contributed by atoms with E-state index in [0.717, 1.165) is 11.1 Å². The van der Waals surface area contributed by atoms with Crippen molar-refractivity contribution in [3.05, 3.63) is 39.8 Å². The average Bonchev–Trinajstić information content (AvgIpc) is 2.25. The van der Waals surface area contributed by atoms with Crippen molar-refractivity contribution in [2.45, 2.75) is 26.2 Å². The van der Waals surface area contributed by atoms with Gasteiger partial charge < -0.3 is 5.11 Å². The Morgan fingerprint density at radius 3 is 2.71 bits per heavy atom. The van der Waals surface area contributed by atoms with Gasteiger partial charge in [-0.25, -0.2) is 0 Å². The van der Waals surface area contributed by atoms with Gasteiger partial charge in [0.15, 0.2) is 0 Å². The zero-order chi connectivity index (χ0) is 12.9. The molecule has 0 atom stereocenters. The van der Waals surface area contributed by atoms with Crippen molar-refractivity contribution in [3.8, 4) is 17.6 Å². The third kappa shape index (κ3) is 3.75. The van der Waals surface area contributed by atoms with Crippen molar-refractivity contribution in [2.24, 2.45) is 5.11 Å². The van der Waals surface area contributed by atoms with Crippen LogP contribution in [0.3, 0.4) is 0 Å². The summed E-state index contributed by atoms with van der Waals surface area (Å²) in [6, 6.07) is 5.24. The maximum Gasteiger partial charge on any atom is 0.119 e. The molecule has 0 aliphatic carbocycles. The van der Waals surface area contributed by atoms with E-state index in [0.29, 0.717) is 0 Å². The molecule has 0 aliphatic heterocycles. The zero-order valence-corrected chi connectivity index (χ0v) is 10.2. The van der Waals surface area contributed by atoms with Crippen LogP contribution in [0.25, 0.3) is 10.4 Å². The van der Waals surface area contributed by atoms with Crippen molar-refractivity contribution in [1.82, 2.24) is 0 Å². The maximum atomic E-state index is 9.77. The largest absolute Gasteiger partial charge is 0.508 e. The number of phenolic OH excluding ortho intramolecular Hbond substituents is 1. The second-order valence-electron chi connectivity index (χ2n) is 4.67. The number of hydrogen-bond acceptors (Lipinski definition) is 2. The lowest BCUT2D eigenvalue weighted by atomic mass is 9.85. The first-order valence-corrected chi connectivity index (χ1v) is 5.28. The Labute approximate surface area is 101 Å². The van der Waals surface area contributed by atoms with Gasteiger partial charge in [-0.05, 0) is 29.1 Å². The zero-order valence-electron chi connectivity index (χ0n) is 10.2. The van der Waals surface area contributed by atoms with Crippen molar-refractivity contribution in [3.63, 3.8) is 0 Å². The van der Waals surface area contributed by atoms with Crippen LogP contribution in [0, 0.1) is 11.8 Å². The van der Waals surface area contributed by atoms with E-state index in [1.54, 1.807) is 12.1 Å². The summed E-state index contributed by atoms with van der Waals surface area (Å²) in [6.45, 7) is 6.24. The summed E-state index contributed by atoms with van der Waals surface area (Å²) in [5, 5.41) is 13.1. The van der Waals surface area contributed by atoms with Crippen molar-refractivity contribution in [2.75, 3.05) is 6.54 Å². The third-order valence-electron chi connectivity index (χ3n) is 2.25. The lowest BCUT2D eigenvalue weighted by Gasteiger charge is -2.20. The van der Waals surface area contributed by atoms with Gasteiger partial charge in [0.05, 0.1) is 6.54 Å². The van der Waals surface area contributed by atoms with Crippen LogP contribution >= 0.6 is 0 Å². The van der Waals surface area contributed by atoms with Crippen molar-refractivity contribution < 1.29 is 5.11 Å². The molecule has 0 aromatic heterocycles. The molecule has 0 saturated heterocycles. The number of rotatable bonds is 1. The molecule has 0 heterocycles. The number of benzene rings is 1. The number of azide groups is 1. The molecule has 0 fully saturated rings. The molecule has 0 aliphatic rings. The number of aromatic hydroxyl groups is 1. The van der Waals surface area contributed by atoms with Gasteiger partial charge in [0.25, 0.3) is 0 Å². The van der Waals surface area contributed by atoms with Crippen LogP contribution in [0.5, 0.6) is 5.75 Å². The summed E-state index contributed by atoms with van der Waals surface area (Å²) in [5.74, 6) is 5.92. The molecule has 0 amide bonds. The molecule has 0 radical (unpaired) electrons. The molecule has 17 heavy (non-hydrogen) atoms. The number of phenols is 1. The summed E-state index contributed by atoms with van der Waals surface area (Å²) in [5.41, 5.74) is 9.64. The minimum atomic E-state index is -0.132. The molecule has 1 aromatic carbocycles. The highest BCUT2D eigenvalue weighted by Crippen LogP contribution is 2.30. The van der Waals surface area contributed by atoms with E-state index in [9.17, 15) is 5.11 Å². The molecular weight excluding hydrogens is 214 g/mol. The van der Waals surface area contributed by atoms with Crippen molar-refractivity contribution in [1.29, 1.82) is 0 Å². The Bertz CT molecular complexity index is 512. The Morgan fingerprint density at radius 1 is 1.41 bits per heavy atom. The smallest absolute Gasteiger partial charge is 0.119 e. The summed E-state index contributed by atoms with van der Waals surface area (Å²) < 4.78 is 0. The van der Waals surface area contributed by atoms with Crippen LogP contribution in [-0.2, 0) is 5.41 Å². The van der Waals surface area contributed by atoms with Gasteiger partial charge in [0.1, 0.15) is 5.75 Å². The van der Waals surface area contributed by atoms with Gasteiger partial charge in [0, 0.05) is 16.0 Å². The van der Waals surface area contributed by atoms with Gasteiger partial charge in [-0.15, -0.1) is 0 Å². The summed E-state index contributed by atoms with van der Waals surface area (Å²) >= 11 is 0. The topological polar surface area (TPSA) is 69.0 Å². The normalized spacial score (nSPS) is 10.1. The standard InChI is InChI=1S/C13H15N3O/c1-13(2,3)11-9-10(6-7-12(11)17)5-4-8-15-16-14/h6-7,9,17H,8H2,1-3H3. The quantitative estimate of drug-likeness (QED) is 0.341. The SMILES string of the molecule is CC(C)(C)c1cc(C#CCN=[N+]=[N-])ccc1O. The second kappa shape index (κ2) is 5.29. The summed E-state index contributed by atoms with van der Waals surface area (Å²) in [4.78, 5) is 2.62. The molecule has 0 bridgehead atoms. The summed E-state index contributed by atoms with van der Waals surface area (Å²) in [7, 11) is 0. The molecule has 0 saturated carbocycles. The van der Waals surface area contributed by atoms with E-state index >= 15 is 0 Å². The highest BCUT2D eigenvalue weighted by Gasteiger charge is 2.17. The third-order valence-corrected chi connectivity index (χ3v) is 2.25. The Hall–Kier alpha value is -2.11. The van der Waals surface area contributed by atoms with Crippen LogP contribution in [0.1, 0.15) is 31.9 Å².